The number of nitrogens with zero attached hydrogens (tertiary/aromatic N) is 1. The summed E-state index contributed by atoms with van der Waals surface area (Å²) in [4.78, 5) is 25.8. The van der Waals surface area contributed by atoms with Gasteiger partial charge in [0.2, 0.25) is 5.91 Å². The highest BCUT2D eigenvalue weighted by Crippen LogP contribution is 2.30. The Morgan fingerprint density at radius 1 is 1.36 bits per heavy atom. The summed E-state index contributed by atoms with van der Waals surface area (Å²) in [7, 11) is 0. The summed E-state index contributed by atoms with van der Waals surface area (Å²) in [6, 6.07) is 4.85. The van der Waals surface area contributed by atoms with Crippen molar-refractivity contribution in [1.82, 2.24) is 16.2 Å². The van der Waals surface area contributed by atoms with Crippen LogP contribution in [0.1, 0.15) is 43.5 Å². The summed E-state index contributed by atoms with van der Waals surface area (Å²) in [5.41, 5.74) is 6.18. The zero-order chi connectivity index (χ0) is 18.4. The van der Waals surface area contributed by atoms with Crippen LogP contribution in [0.4, 0.5) is 5.69 Å². The van der Waals surface area contributed by atoms with E-state index in [0.717, 1.165) is 19.4 Å². The summed E-state index contributed by atoms with van der Waals surface area (Å²) in [5, 5.41) is 3.83. The van der Waals surface area contributed by atoms with Gasteiger partial charge in [0, 0.05) is 25.1 Å². The van der Waals surface area contributed by atoms with Crippen LogP contribution >= 0.6 is 23.8 Å². The van der Waals surface area contributed by atoms with E-state index >= 15 is 0 Å². The summed E-state index contributed by atoms with van der Waals surface area (Å²) in [5.74, 6) is 0.247. The monoisotopic (exact) mass is 382 g/mol. The molecule has 0 spiro atoms. The molecule has 1 heterocycles. The normalized spacial score (nSPS) is 13.9. The van der Waals surface area contributed by atoms with E-state index in [1.165, 1.54) is 0 Å². The summed E-state index contributed by atoms with van der Waals surface area (Å²) < 4.78 is 0. The molecule has 1 fully saturated rings. The van der Waals surface area contributed by atoms with Crippen LogP contribution in [0.25, 0.3) is 0 Å². The van der Waals surface area contributed by atoms with Gasteiger partial charge in [-0.15, -0.1) is 0 Å². The largest absolute Gasteiger partial charge is 0.361 e. The first-order valence-electron chi connectivity index (χ1n) is 8.32. The minimum Gasteiger partial charge on any atom is -0.361 e. The molecule has 0 unspecified atom stereocenters. The lowest BCUT2D eigenvalue weighted by Gasteiger charge is -2.18. The van der Waals surface area contributed by atoms with Crippen LogP contribution < -0.4 is 21.1 Å². The lowest BCUT2D eigenvalue weighted by atomic mass is 10.1. The van der Waals surface area contributed by atoms with Crippen molar-refractivity contribution in [2.24, 2.45) is 5.92 Å². The van der Waals surface area contributed by atoms with E-state index in [2.05, 4.69) is 30.0 Å². The molecule has 0 atom stereocenters. The number of rotatable bonds is 5. The maximum absolute atomic E-state index is 12.3. The van der Waals surface area contributed by atoms with E-state index in [4.69, 9.17) is 23.8 Å². The maximum atomic E-state index is 12.3. The number of carbonyl (C=O) groups is 2. The van der Waals surface area contributed by atoms with Crippen molar-refractivity contribution in [2.45, 2.75) is 33.1 Å². The van der Waals surface area contributed by atoms with Crippen molar-refractivity contribution < 1.29 is 9.59 Å². The van der Waals surface area contributed by atoms with Crippen LogP contribution in [0.15, 0.2) is 18.2 Å². The van der Waals surface area contributed by atoms with Crippen LogP contribution in [-0.4, -0.2) is 30.0 Å². The molecule has 0 radical (unpaired) electrons. The SMILES string of the molecule is CC(C)CCNC(=S)NNC(=O)c1ccc(Cl)c(N2CCCC2=O)c1. The van der Waals surface area contributed by atoms with Gasteiger partial charge in [-0.05, 0) is 49.2 Å². The molecule has 0 bridgehead atoms. The molecule has 136 valence electrons. The highest BCUT2D eigenvalue weighted by atomic mass is 35.5. The van der Waals surface area contributed by atoms with Crippen molar-refractivity contribution in [3.8, 4) is 0 Å². The Hall–Kier alpha value is -1.86. The smallest absolute Gasteiger partial charge is 0.269 e. The molecule has 2 rings (SSSR count). The van der Waals surface area contributed by atoms with Gasteiger partial charge in [0.15, 0.2) is 5.11 Å². The average molecular weight is 383 g/mol. The molecular weight excluding hydrogens is 360 g/mol. The third-order valence-corrected chi connectivity index (χ3v) is 4.44. The molecular formula is C17H23ClN4O2S. The van der Waals surface area contributed by atoms with Gasteiger partial charge in [-0.1, -0.05) is 25.4 Å². The summed E-state index contributed by atoms with van der Waals surface area (Å²) in [6.07, 6.45) is 2.29. The van der Waals surface area contributed by atoms with Gasteiger partial charge in [0.25, 0.3) is 5.91 Å². The first kappa shape index (κ1) is 19.5. The van der Waals surface area contributed by atoms with Crippen LogP contribution in [0.2, 0.25) is 5.02 Å². The quantitative estimate of drug-likeness (QED) is 0.539. The first-order valence-corrected chi connectivity index (χ1v) is 9.11. The molecule has 25 heavy (non-hydrogen) atoms. The minimum atomic E-state index is -0.349. The maximum Gasteiger partial charge on any atom is 0.269 e. The molecule has 1 aliphatic rings. The van der Waals surface area contributed by atoms with Crippen LogP contribution in [0, 0.1) is 5.92 Å². The fourth-order valence-electron chi connectivity index (χ4n) is 2.47. The number of amides is 2. The van der Waals surface area contributed by atoms with Gasteiger partial charge >= 0.3 is 0 Å². The summed E-state index contributed by atoms with van der Waals surface area (Å²) >= 11 is 11.3. The van der Waals surface area contributed by atoms with E-state index in [0.29, 0.717) is 40.3 Å². The predicted octanol–water partition coefficient (Wildman–Crippen LogP) is 2.62. The number of hydrazine groups is 1. The second-order valence-electron chi connectivity index (χ2n) is 6.33. The lowest BCUT2D eigenvalue weighted by Crippen LogP contribution is -2.47. The Bertz CT molecular complexity index is 666. The zero-order valence-corrected chi connectivity index (χ0v) is 16.0. The molecule has 2 amide bonds. The highest BCUT2D eigenvalue weighted by Gasteiger charge is 2.24. The fraction of sp³-hybridized carbons (Fsp3) is 0.471. The van der Waals surface area contributed by atoms with E-state index in [1.807, 2.05) is 0 Å². The number of thiocarbonyl (C=S) groups is 1. The number of anilines is 1. The van der Waals surface area contributed by atoms with E-state index < -0.39 is 0 Å². The molecule has 1 aliphatic heterocycles. The molecule has 1 aromatic carbocycles. The lowest BCUT2D eigenvalue weighted by molar-refractivity contribution is -0.117. The second-order valence-corrected chi connectivity index (χ2v) is 7.15. The Kier molecular flexibility index (Phi) is 7.01. The third kappa shape index (κ3) is 5.57. The van der Waals surface area contributed by atoms with E-state index in [9.17, 15) is 9.59 Å². The third-order valence-electron chi connectivity index (χ3n) is 3.87. The van der Waals surface area contributed by atoms with Crippen molar-refractivity contribution in [2.75, 3.05) is 18.0 Å². The van der Waals surface area contributed by atoms with Gasteiger partial charge in [-0.25, -0.2) is 0 Å². The van der Waals surface area contributed by atoms with Gasteiger partial charge in [0.05, 0.1) is 10.7 Å². The number of halogens is 1. The Labute approximate surface area is 158 Å². The van der Waals surface area contributed by atoms with E-state index in [-0.39, 0.29) is 11.8 Å². The average Bonchev–Trinajstić information content (AvgIpc) is 2.98. The zero-order valence-electron chi connectivity index (χ0n) is 14.4. The fourth-order valence-corrected chi connectivity index (χ4v) is 2.84. The Morgan fingerprint density at radius 3 is 2.76 bits per heavy atom. The van der Waals surface area contributed by atoms with Gasteiger partial charge in [-0.3, -0.25) is 20.4 Å². The topological polar surface area (TPSA) is 73.5 Å². The van der Waals surface area contributed by atoms with E-state index in [1.54, 1.807) is 23.1 Å². The van der Waals surface area contributed by atoms with Crippen LogP contribution in [0.5, 0.6) is 0 Å². The van der Waals surface area contributed by atoms with Gasteiger partial charge in [-0.2, -0.15) is 0 Å². The standard InChI is InChI=1S/C17H23ClN4O2S/c1-11(2)7-8-19-17(25)21-20-16(24)12-5-6-13(18)14(10-12)22-9-3-4-15(22)23/h5-6,10-11H,3-4,7-9H2,1-2H3,(H,20,24)(H2,19,21,25). The number of nitrogens with one attached hydrogen (secondary N) is 3. The Morgan fingerprint density at radius 2 is 2.12 bits per heavy atom. The molecule has 1 saturated heterocycles. The first-order chi connectivity index (χ1) is 11.9. The van der Waals surface area contributed by atoms with Crippen LogP contribution in [0.3, 0.4) is 0 Å². The predicted molar refractivity (Wildman–Crippen MR) is 104 cm³/mol. The number of hydrogen-bond donors (Lipinski definition) is 3. The Balaban J connectivity index is 1.93. The van der Waals surface area contributed by atoms with Gasteiger partial charge < -0.3 is 10.2 Å². The molecule has 0 aliphatic carbocycles. The van der Waals surface area contributed by atoms with Crippen molar-refractivity contribution >= 4 is 46.4 Å². The number of benzene rings is 1. The van der Waals surface area contributed by atoms with Crippen molar-refractivity contribution in [3.63, 3.8) is 0 Å². The molecule has 6 nitrogen and oxygen atoms in total. The highest BCUT2D eigenvalue weighted by molar-refractivity contribution is 7.80. The second kappa shape index (κ2) is 9.01. The van der Waals surface area contributed by atoms with Gasteiger partial charge in [0.1, 0.15) is 0 Å². The molecule has 8 heteroatoms. The van der Waals surface area contributed by atoms with Crippen molar-refractivity contribution in [3.05, 3.63) is 28.8 Å². The number of carbonyl (C=O) groups excluding carboxylic acids is 2. The van der Waals surface area contributed by atoms with Crippen LogP contribution in [-0.2, 0) is 4.79 Å². The molecule has 0 saturated carbocycles. The minimum absolute atomic E-state index is 0.0214. The number of hydrogen-bond acceptors (Lipinski definition) is 3. The summed E-state index contributed by atoms with van der Waals surface area (Å²) in [6.45, 7) is 5.61. The molecule has 1 aromatic rings. The van der Waals surface area contributed by atoms with Crippen molar-refractivity contribution in [1.29, 1.82) is 0 Å². The molecule has 3 N–H and O–H groups in total. The molecule has 0 aromatic heterocycles.